The molecule has 0 saturated heterocycles. The number of anilines is 1. The van der Waals surface area contributed by atoms with Gasteiger partial charge in [-0.05, 0) is 37.1 Å². The van der Waals surface area contributed by atoms with E-state index in [9.17, 15) is 9.59 Å². The van der Waals surface area contributed by atoms with Gasteiger partial charge < -0.3 is 10.4 Å². The second kappa shape index (κ2) is 11.1. The van der Waals surface area contributed by atoms with E-state index >= 15 is 0 Å². The summed E-state index contributed by atoms with van der Waals surface area (Å²) in [6, 6.07) is 7.86. The number of aliphatic carboxylic acids is 1. The van der Waals surface area contributed by atoms with Crippen LogP contribution in [0.3, 0.4) is 0 Å². The molecule has 0 saturated carbocycles. The lowest BCUT2D eigenvalue weighted by Gasteiger charge is -2.10. The summed E-state index contributed by atoms with van der Waals surface area (Å²) in [6.45, 7) is 2.17. The fraction of sp³-hybridized carbons (Fsp3) is 0.529. The maximum Gasteiger partial charge on any atom is 0.303 e. The van der Waals surface area contributed by atoms with Crippen LogP contribution in [0.2, 0.25) is 0 Å². The predicted octanol–water partition coefficient (Wildman–Crippen LogP) is 4.55. The Morgan fingerprint density at radius 3 is 2.55 bits per heavy atom. The Kier molecular flexibility index (Phi) is 9.39. The first-order chi connectivity index (χ1) is 10.6. The number of amides is 1. The number of hydrogen-bond acceptors (Lipinski definition) is 3. The standard InChI is InChI=1S/C17H25NO3S/c1-2-3-13-22-15-10-8-7-9-14(15)18-16(19)11-5-4-6-12-17(20)21/h7-10H,2-6,11-13H2,1H3,(H,18,19)(H,20,21). The number of benzene rings is 1. The van der Waals surface area contributed by atoms with Gasteiger partial charge in [-0.15, -0.1) is 11.8 Å². The number of thioether (sulfide) groups is 1. The van der Waals surface area contributed by atoms with Gasteiger partial charge in [-0.25, -0.2) is 0 Å². The van der Waals surface area contributed by atoms with E-state index in [0.29, 0.717) is 12.8 Å². The Morgan fingerprint density at radius 1 is 1.09 bits per heavy atom. The van der Waals surface area contributed by atoms with Crippen molar-refractivity contribution in [1.82, 2.24) is 0 Å². The summed E-state index contributed by atoms with van der Waals surface area (Å²) in [5, 5.41) is 11.5. The van der Waals surface area contributed by atoms with Gasteiger partial charge >= 0.3 is 5.97 Å². The maximum atomic E-state index is 12.0. The van der Waals surface area contributed by atoms with E-state index in [-0.39, 0.29) is 12.3 Å². The minimum absolute atomic E-state index is 0.00105. The van der Waals surface area contributed by atoms with Crippen molar-refractivity contribution in [3.8, 4) is 0 Å². The van der Waals surface area contributed by atoms with E-state index in [1.165, 1.54) is 0 Å². The second-order valence-corrected chi connectivity index (χ2v) is 6.34. The predicted molar refractivity (Wildman–Crippen MR) is 91.4 cm³/mol. The average Bonchev–Trinajstić information content (AvgIpc) is 2.48. The zero-order valence-corrected chi connectivity index (χ0v) is 14.0. The number of rotatable bonds is 11. The van der Waals surface area contributed by atoms with Crippen LogP contribution in [0.1, 0.15) is 51.9 Å². The largest absolute Gasteiger partial charge is 0.481 e. The number of unbranched alkanes of at least 4 members (excludes halogenated alkanes) is 3. The van der Waals surface area contributed by atoms with Crippen LogP contribution in [-0.4, -0.2) is 22.7 Å². The molecule has 0 atom stereocenters. The van der Waals surface area contributed by atoms with Crippen molar-refractivity contribution in [3.63, 3.8) is 0 Å². The van der Waals surface area contributed by atoms with Gasteiger partial charge in [-0.2, -0.15) is 0 Å². The third-order valence-corrected chi connectivity index (χ3v) is 4.37. The van der Waals surface area contributed by atoms with Gasteiger partial charge in [-0.1, -0.05) is 31.9 Å². The molecule has 1 amide bonds. The topological polar surface area (TPSA) is 66.4 Å². The summed E-state index contributed by atoms with van der Waals surface area (Å²) in [5.74, 6) is 0.278. The average molecular weight is 323 g/mol. The Balaban J connectivity index is 2.35. The number of nitrogens with one attached hydrogen (secondary N) is 1. The van der Waals surface area contributed by atoms with E-state index in [2.05, 4.69) is 12.2 Å². The fourth-order valence-electron chi connectivity index (χ4n) is 1.97. The fourth-order valence-corrected chi connectivity index (χ4v) is 3.08. The first kappa shape index (κ1) is 18.6. The SMILES string of the molecule is CCCCSc1ccccc1NC(=O)CCCCCC(=O)O. The molecule has 0 fully saturated rings. The third-order valence-electron chi connectivity index (χ3n) is 3.21. The van der Waals surface area contributed by atoms with Gasteiger partial charge in [0.05, 0.1) is 5.69 Å². The van der Waals surface area contributed by atoms with E-state index in [0.717, 1.165) is 42.0 Å². The second-order valence-electron chi connectivity index (χ2n) is 5.20. The highest BCUT2D eigenvalue weighted by atomic mass is 32.2. The number of carboxylic acids is 1. The summed E-state index contributed by atoms with van der Waals surface area (Å²) in [4.78, 5) is 23.5. The van der Waals surface area contributed by atoms with Gasteiger partial charge in [0.25, 0.3) is 0 Å². The molecule has 22 heavy (non-hydrogen) atoms. The third kappa shape index (κ3) is 8.08. The van der Waals surface area contributed by atoms with Crippen molar-refractivity contribution in [2.75, 3.05) is 11.1 Å². The lowest BCUT2D eigenvalue weighted by molar-refractivity contribution is -0.137. The van der Waals surface area contributed by atoms with E-state index in [1.54, 1.807) is 11.8 Å². The highest BCUT2D eigenvalue weighted by molar-refractivity contribution is 7.99. The zero-order valence-electron chi connectivity index (χ0n) is 13.1. The summed E-state index contributed by atoms with van der Waals surface area (Å²) in [6.07, 6.45) is 5.07. The van der Waals surface area contributed by atoms with Gasteiger partial charge in [0.15, 0.2) is 0 Å². The number of carboxylic acid groups (broad SMARTS) is 1. The van der Waals surface area contributed by atoms with Crippen LogP contribution in [0.25, 0.3) is 0 Å². The Bertz CT molecular complexity index is 477. The highest BCUT2D eigenvalue weighted by Crippen LogP contribution is 2.27. The van der Waals surface area contributed by atoms with Crippen molar-refractivity contribution < 1.29 is 14.7 Å². The van der Waals surface area contributed by atoms with Crippen LogP contribution in [0, 0.1) is 0 Å². The molecule has 1 aromatic carbocycles. The van der Waals surface area contributed by atoms with Crippen LogP contribution < -0.4 is 5.32 Å². The van der Waals surface area contributed by atoms with Crippen LogP contribution >= 0.6 is 11.8 Å². The van der Waals surface area contributed by atoms with Crippen molar-refractivity contribution in [2.24, 2.45) is 0 Å². The summed E-state index contributed by atoms with van der Waals surface area (Å²) < 4.78 is 0. The molecule has 0 bridgehead atoms. The summed E-state index contributed by atoms with van der Waals surface area (Å²) in [7, 11) is 0. The van der Waals surface area contributed by atoms with Gasteiger partial charge in [-0.3, -0.25) is 9.59 Å². The molecule has 0 aliphatic carbocycles. The molecule has 1 aromatic rings. The molecule has 0 radical (unpaired) electrons. The monoisotopic (exact) mass is 323 g/mol. The number of carbonyl (C=O) groups is 2. The highest BCUT2D eigenvalue weighted by Gasteiger charge is 2.07. The van der Waals surface area contributed by atoms with Gasteiger partial charge in [0.1, 0.15) is 0 Å². The summed E-state index contributed by atoms with van der Waals surface area (Å²) >= 11 is 1.77. The smallest absolute Gasteiger partial charge is 0.303 e. The molecule has 0 heterocycles. The molecule has 0 unspecified atom stereocenters. The minimum atomic E-state index is -0.775. The maximum absolute atomic E-state index is 12.0. The van der Waals surface area contributed by atoms with Crippen LogP contribution in [0.15, 0.2) is 29.2 Å². The van der Waals surface area contributed by atoms with Crippen LogP contribution in [0.5, 0.6) is 0 Å². The normalized spacial score (nSPS) is 10.4. The Labute approximate surface area is 136 Å². The summed E-state index contributed by atoms with van der Waals surface area (Å²) in [5.41, 5.74) is 0.874. The number of para-hydroxylation sites is 1. The van der Waals surface area contributed by atoms with Crippen LogP contribution in [0.4, 0.5) is 5.69 Å². The van der Waals surface area contributed by atoms with Crippen molar-refractivity contribution in [1.29, 1.82) is 0 Å². The quantitative estimate of drug-likeness (QED) is 0.463. The number of carbonyl (C=O) groups excluding carboxylic acids is 1. The minimum Gasteiger partial charge on any atom is -0.481 e. The lowest BCUT2D eigenvalue weighted by Crippen LogP contribution is -2.11. The lowest BCUT2D eigenvalue weighted by atomic mass is 10.1. The van der Waals surface area contributed by atoms with Gasteiger partial charge in [0, 0.05) is 17.7 Å². The molecule has 5 heteroatoms. The molecular weight excluding hydrogens is 298 g/mol. The zero-order chi connectivity index (χ0) is 16.2. The molecule has 1 rings (SSSR count). The van der Waals surface area contributed by atoms with Crippen LogP contribution in [-0.2, 0) is 9.59 Å². The van der Waals surface area contributed by atoms with Gasteiger partial charge in [0.2, 0.25) is 5.91 Å². The molecule has 4 nitrogen and oxygen atoms in total. The van der Waals surface area contributed by atoms with Crippen molar-refractivity contribution in [2.45, 2.75) is 56.8 Å². The van der Waals surface area contributed by atoms with Crippen molar-refractivity contribution in [3.05, 3.63) is 24.3 Å². The van der Waals surface area contributed by atoms with E-state index in [1.807, 2.05) is 24.3 Å². The molecule has 122 valence electrons. The molecule has 2 N–H and O–H groups in total. The van der Waals surface area contributed by atoms with E-state index < -0.39 is 5.97 Å². The number of hydrogen-bond donors (Lipinski definition) is 2. The molecule has 0 aromatic heterocycles. The first-order valence-electron chi connectivity index (χ1n) is 7.87. The Hall–Kier alpha value is -1.49. The first-order valence-corrected chi connectivity index (χ1v) is 8.85. The molecule has 0 aliphatic heterocycles. The molecule has 0 spiro atoms. The van der Waals surface area contributed by atoms with Crippen molar-refractivity contribution >= 4 is 29.3 Å². The molecule has 0 aliphatic rings. The molecular formula is C17H25NO3S. The van der Waals surface area contributed by atoms with E-state index in [4.69, 9.17) is 5.11 Å². The Morgan fingerprint density at radius 2 is 1.82 bits per heavy atom.